The molecule has 5 heteroatoms. The van der Waals surface area contributed by atoms with Crippen LogP contribution in [0.2, 0.25) is 0 Å². The molecular formula is C13H20FN3O. The maximum Gasteiger partial charge on any atom is 0.319 e. The van der Waals surface area contributed by atoms with Crippen LogP contribution < -0.4 is 16.4 Å². The summed E-state index contributed by atoms with van der Waals surface area (Å²) in [5.74, 6) is -0.465. The minimum atomic E-state index is -0.465. The van der Waals surface area contributed by atoms with Gasteiger partial charge in [0, 0.05) is 12.6 Å². The molecule has 0 aliphatic carbocycles. The van der Waals surface area contributed by atoms with Gasteiger partial charge in [0.1, 0.15) is 5.82 Å². The molecule has 1 rings (SSSR count). The van der Waals surface area contributed by atoms with Crippen molar-refractivity contribution in [2.75, 3.05) is 11.9 Å². The number of amides is 2. The lowest BCUT2D eigenvalue weighted by molar-refractivity contribution is 0.230. The summed E-state index contributed by atoms with van der Waals surface area (Å²) in [6.45, 7) is 6.27. The van der Waals surface area contributed by atoms with Crippen LogP contribution in [0.25, 0.3) is 0 Å². The first-order valence-electron chi connectivity index (χ1n) is 5.86. The Morgan fingerprint density at radius 3 is 2.50 bits per heavy atom. The van der Waals surface area contributed by atoms with Gasteiger partial charge in [-0.25, -0.2) is 9.18 Å². The van der Waals surface area contributed by atoms with Gasteiger partial charge in [0.25, 0.3) is 0 Å². The molecule has 2 amide bonds. The smallest absolute Gasteiger partial charge is 0.319 e. The molecular weight excluding hydrogens is 233 g/mol. The molecule has 0 saturated heterocycles. The van der Waals surface area contributed by atoms with Crippen LogP contribution in [-0.2, 0) is 0 Å². The largest absolute Gasteiger partial charge is 0.333 e. The molecule has 0 heterocycles. The minimum Gasteiger partial charge on any atom is -0.333 e. The standard InChI is InChI=1S/C13H20FN3O/c1-13(2,3)11(8-15)17-12(18)16-10-7-5-4-6-9(10)14/h4-7,11H,8,15H2,1-3H3,(H2,16,17,18). The maximum absolute atomic E-state index is 13.3. The van der Waals surface area contributed by atoms with Gasteiger partial charge in [-0.2, -0.15) is 0 Å². The third-order valence-corrected chi connectivity index (χ3v) is 2.71. The second-order valence-corrected chi connectivity index (χ2v) is 5.23. The molecule has 1 unspecified atom stereocenters. The number of carbonyl (C=O) groups excluding carboxylic acids is 1. The number of hydrogen-bond donors (Lipinski definition) is 3. The van der Waals surface area contributed by atoms with E-state index in [1.807, 2.05) is 20.8 Å². The zero-order chi connectivity index (χ0) is 13.8. The first-order chi connectivity index (χ1) is 8.34. The Bertz CT molecular complexity index is 415. The Morgan fingerprint density at radius 2 is 2.00 bits per heavy atom. The highest BCUT2D eigenvalue weighted by Gasteiger charge is 2.24. The molecule has 4 nitrogen and oxygen atoms in total. The SMILES string of the molecule is CC(C)(C)C(CN)NC(=O)Nc1ccccc1F. The van der Waals surface area contributed by atoms with E-state index in [0.29, 0.717) is 6.54 Å². The van der Waals surface area contributed by atoms with E-state index in [-0.39, 0.29) is 17.1 Å². The molecule has 0 aliphatic heterocycles. The summed E-state index contributed by atoms with van der Waals surface area (Å²) < 4.78 is 13.3. The molecule has 1 aromatic rings. The molecule has 1 aromatic carbocycles. The van der Waals surface area contributed by atoms with Crippen molar-refractivity contribution in [1.29, 1.82) is 0 Å². The van der Waals surface area contributed by atoms with Crippen LogP contribution in [0.1, 0.15) is 20.8 Å². The Hall–Kier alpha value is -1.62. The van der Waals surface area contributed by atoms with Gasteiger partial charge in [0.05, 0.1) is 5.69 Å². The average Bonchev–Trinajstić information content (AvgIpc) is 2.27. The number of benzene rings is 1. The highest BCUT2D eigenvalue weighted by molar-refractivity contribution is 5.89. The van der Waals surface area contributed by atoms with Crippen LogP contribution in [0.3, 0.4) is 0 Å². The summed E-state index contributed by atoms with van der Waals surface area (Å²) in [4.78, 5) is 11.7. The van der Waals surface area contributed by atoms with Crippen LogP contribution in [0.4, 0.5) is 14.9 Å². The van der Waals surface area contributed by atoms with E-state index in [4.69, 9.17) is 5.73 Å². The predicted molar refractivity (Wildman–Crippen MR) is 70.9 cm³/mol. The van der Waals surface area contributed by atoms with Crippen molar-refractivity contribution in [3.05, 3.63) is 30.1 Å². The van der Waals surface area contributed by atoms with E-state index in [1.54, 1.807) is 12.1 Å². The second-order valence-electron chi connectivity index (χ2n) is 5.23. The van der Waals surface area contributed by atoms with E-state index in [2.05, 4.69) is 10.6 Å². The summed E-state index contributed by atoms with van der Waals surface area (Å²) in [6.07, 6.45) is 0. The highest BCUT2D eigenvalue weighted by atomic mass is 19.1. The zero-order valence-electron chi connectivity index (χ0n) is 11.0. The summed E-state index contributed by atoms with van der Waals surface area (Å²) >= 11 is 0. The summed E-state index contributed by atoms with van der Waals surface area (Å²) in [6, 6.07) is 5.39. The van der Waals surface area contributed by atoms with Crippen LogP contribution in [-0.4, -0.2) is 18.6 Å². The quantitative estimate of drug-likeness (QED) is 0.774. The topological polar surface area (TPSA) is 67.1 Å². The van der Waals surface area contributed by atoms with Crippen molar-refractivity contribution in [1.82, 2.24) is 5.32 Å². The number of nitrogens with one attached hydrogen (secondary N) is 2. The van der Waals surface area contributed by atoms with Crippen molar-refractivity contribution >= 4 is 11.7 Å². The normalized spacial score (nSPS) is 12.9. The minimum absolute atomic E-state index is 0.151. The van der Waals surface area contributed by atoms with Crippen molar-refractivity contribution in [3.63, 3.8) is 0 Å². The zero-order valence-corrected chi connectivity index (χ0v) is 11.0. The maximum atomic E-state index is 13.3. The number of carbonyl (C=O) groups is 1. The number of urea groups is 1. The lowest BCUT2D eigenvalue weighted by Gasteiger charge is -2.30. The number of rotatable bonds is 3. The fraction of sp³-hybridized carbons (Fsp3) is 0.462. The van der Waals surface area contributed by atoms with Gasteiger partial charge < -0.3 is 16.4 Å². The van der Waals surface area contributed by atoms with Gasteiger partial charge in [-0.15, -0.1) is 0 Å². The van der Waals surface area contributed by atoms with E-state index in [1.165, 1.54) is 12.1 Å². The van der Waals surface area contributed by atoms with Crippen molar-refractivity contribution in [2.24, 2.45) is 11.1 Å². The Kier molecular flexibility index (Phi) is 4.67. The van der Waals surface area contributed by atoms with Gasteiger partial charge in [-0.1, -0.05) is 32.9 Å². The van der Waals surface area contributed by atoms with Gasteiger partial charge in [0.2, 0.25) is 0 Å². The lowest BCUT2D eigenvalue weighted by atomic mass is 9.87. The molecule has 1 atom stereocenters. The van der Waals surface area contributed by atoms with E-state index in [0.717, 1.165) is 0 Å². The van der Waals surface area contributed by atoms with Gasteiger partial charge in [-0.3, -0.25) is 0 Å². The van der Waals surface area contributed by atoms with Crippen LogP contribution in [0.15, 0.2) is 24.3 Å². The summed E-state index contributed by atoms with van der Waals surface area (Å²) in [5, 5.41) is 5.21. The monoisotopic (exact) mass is 253 g/mol. The molecule has 0 aromatic heterocycles. The van der Waals surface area contributed by atoms with Gasteiger partial charge in [-0.05, 0) is 17.5 Å². The Labute approximate surface area is 107 Å². The third-order valence-electron chi connectivity index (χ3n) is 2.71. The first kappa shape index (κ1) is 14.4. The lowest BCUT2D eigenvalue weighted by Crippen LogP contribution is -2.49. The molecule has 0 fully saturated rings. The number of anilines is 1. The molecule has 0 aliphatic rings. The van der Waals surface area contributed by atoms with Gasteiger partial charge in [0.15, 0.2) is 0 Å². The molecule has 100 valence electrons. The summed E-state index contributed by atoms with van der Waals surface area (Å²) in [7, 11) is 0. The molecule has 0 radical (unpaired) electrons. The van der Waals surface area contributed by atoms with Crippen LogP contribution in [0.5, 0.6) is 0 Å². The third kappa shape index (κ3) is 4.00. The van der Waals surface area contributed by atoms with E-state index < -0.39 is 11.8 Å². The summed E-state index contributed by atoms with van der Waals surface area (Å²) in [5.41, 5.74) is 5.61. The number of nitrogens with two attached hydrogens (primary N) is 1. The van der Waals surface area contributed by atoms with Gasteiger partial charge >= 0.3 is 6.03 Å². The first-order valence-corrected chi connectivity index (χ1v) is 5.86. The number of halogens is 1. The molecule has 18 heavy (non-hydrogen) atoms. The molecule has 0 spiro atoms. The van der Waals surface area contributed by atoms with Crippen LogP contribution >= 0.6 is 0 Å². The number of hydrogen-bond acceptors (Lipinski definition) is 2. The highest BCUT2D eigenvalue weighted by Crippen LogP contribution is 2.18. The average molecular weight is 253 g/mol. The fourth-order valence-corrected chi connectivity index (χ4v) is 1.51. The van der Waals surface area contributed by atoms with Crippen molar-refractivity contribution in [2.45, 2.75) is 26.8 Å². The Balaban J connectivity index is 2.65. The molecule has 0 saturated carbocycles. The van der Waals surface area contributed by atoms with Crippen molar-refractivity contribution < 1.29 is 9.18 Å². The fourth-order valence-electron chi connectivity index (χ4n) is 1.51. The Morgan fingerprint density at radius 1 is 1.39 bits per heavy atom. The second kappa shape index (κ2) is 5.82. The molecule has 4 N–H and O–H groups in total. The van der Waals surface area contributed by atoms with Crippen LogP contribution in [0, 0.1) is 11.2 Å². The van der Waals surface area contributed by atoms with E-state index >= 15 is 0 Å². The molecule has 0 bridgehead atoms. The van der Waals surface area contributed by atoms with Crippen molar-refractivity contribution in [3.8, 4) is 0 Å². The number of para-hydroxylation sites is 1. The predicted octanol–water partition coefficient (Wildman–Crippen LogP) is 2.32. The van der Waals surface area contributed by atoms with E-state index in [9.17, 15) is 9.18 Å².